The summed E-state index contributed by atoms with van der Waals surface area (Å²) in [5.41, 5.74) is 8.10. The van der Waals surface area contributed by atoms with E-state index in [1.165, 1.54) is 12.3 Å². The van der Waals surface area contributed by atoms with Crippen molar-refractivity contribution >= 4 is 46.8 Å². The number of halogens is 1. The highest BCUT2D eigenvalue weighted by Crippen LogP contribution is 2.32. The van der Waals surface area contributed by atoms with Crippen molar-refractivity contribution in [2.75, 3.05) is 16.9 Å². The van der Waals surface area contributed by atoms with Crippen LogP contribution in [0.2, 0.25) is 0 Å². The van der Waals surface area contributed by atoms with E-state index in [0.29, 0.717) is 21.8 Å². The standard InChI is InChI=1S/C16H14N2O3S.ClH/c1-9-3-4-10(17)7-14(9)18-15(19)12-6-5-11(22(2)21)8-13(12)16(18)20;/h3-8H,17H2,1-2H3;1H. The van der Waals surface area contributed by atoms with E-state index in [9.17, 15) is 14.1 Å². The Balaban J connectivity index is 0.00000192. The molecule has 1 heterocycles. The molecule has 0 spiro atoms. The van der Waals surface area contributed by atoms with E-state index in [0.717, 1.165) is 10.5 Å². The number of nitrogens with two attached hydrogens (primary N) is 1. The number of carbonyl (C=O) groups is 2. The Morgan fingerprint density at radius 3 is 2.35 bits per heavy atom. The molecule has 0 saturated carbocycles. The summed E-state index contributed by atoms with van der Waals surface area (Å²) in [5, 5.41) is 0. The number of amides is 2. The molecule has 1 unspecified atom stereocenters. The fourth-order valence-electron chi connectivity index (χ4n) is 2.48. The van der Waals surface area contributed by atoms with E-state index < -0.39 is 17.1 Å². The zero-order valence-electron chi connectivity index (χ0n) is 12.5. The van der Waals surface area contributed by atoms with Gasteiger partial charge in [0.25, 0.3) is 11.8 Å². The molecule has 1 aliphatic heterocycles. The van der Waals surface area contributed by atoms with Crippen LogP contribution < -0.4 is 10.6 Å². The molecule has 0 bridgehead atoms. The van der Waals surface area contributed by atoms with Crippen molar-refractivity contribution in [3.63, 3.8) is 0 Å². The Kier molecular flexibility index (Phi) is 4.70. The molecule has 0 radical (unpaired) electrons. The predicted octanol–water partition coefficient (Wildman–Crippen LogP) is 2.54. The molecule has 0 aromatic heterocycles. The van der Waals surface area contributed by atoms with Crippen molar-refractivity contribution in [2.45, 2.75) is 11.8 Å². The van der Waals surface area contributed by atoms with Gasteiger partial charge in [0.1, 0.15) is 6.26 Å². The molecular weight excluding hydrogens is 336 g/mol. The Labute approximate surface area is 143 Å². The first-order valence-corrected chi connectivity index (χ1v) is 8.18. The molecular formula is C16H15ClN2O3S. The average Bonchev–Trinajstić information content (AvgIpc) is 2.73. The summed E-state index contributed by atoms with van der Waals surface area (Å²) < 4.78 is 11.6. The van der Waals surface area contributed by atoms with Crippen molar-refractivity contribution in [3.05, 3.63) is 53.1 Å². The number of hydrogen-bond acceptors (Lipinski definition) is 4. The van der Waals surface area contributed by atoms with Gasteiger partial charge in [0.2, 0.25) is 0 Å². The third-order valence-corrected chi connectivity index (χ3v) is 4.58. The maximum absolute atomic E-state index is 12.6. The summed E-state index contributed by atoms with van der Waals surface area (Å²) >= 11 is -1.21. The van der Waals surface area contributed by atoms with Crippen molar-refractivity contribution in [1.82, 2.24) is 0 Å². The summed E-state index contributed by atoms with van der Waals surface area (Å²) in [7, 11) is 0. The first kappa shape index (κ1) is 17.3. The van der Waals surface area contributed by atoms with Gasteiger partial charge in [-0.25, -0.2) is 4.90 Å². The monoisotopic (exact) mass is 350 g/mol. The number of hydrogen-bond donors (Lipinski definition) is 1. The number of fused-ring (bicyclic) bond motifs is 1. The summed E-state index contributed by atoms with van der Waals surface area (Å²) in [6.45, 7) is 1.81. The van der Waals surface area contributed by atoms with Crippen molar-refractivity contribution in [3.8, 4) is 0 Å². The van der Waals surface area contributed by atoms with Crippen LogP contribution >= 0.6 is 12.4 Å². The van der Waals surface area contributed by atoms with E-state index >= 15 is 0 Å². The number of nitrogens with zero attached hydrogens (tertiary/aromatic N) is 1. The van der Waals surface area contributed by atoms with Gasteiger partial charge in [-0.15, -0.1) is 12.4 Å². The second-order valence-electron chi connectivity index (χ2n) is 5.15. The molecule has 2 aromatic carbocycles. The van der Waals surface area contributed by atoms with Crippen LogP contribution in [0.3, 0.4) is 0 Å². The predicted molar refractivity (Wildman–Crippen MR) is 92.8 cm³/mol. The summed E-state index contributed by atoms with van der Waals surface area (Å²) in [5.74, 6) is -0.803. The van der Waals surface area contributed by atoms with Crippen LogP contribution in [0.5, 0.6) is 0 Å². The lowest BCUT2D eigenvalue weighted by atomic mass is 10.1. The van der Waals surface area contributed by atoms with E-state index in [-0.39, 0.29) is 23.9 Å². The molecule has 3 rings (SSSR count). The average molecular weight is 351 g/mol. The van der Waals surface area contributed by atoms with Crippen LogP contribution in [0, 0.1) is 6.92 Å². The van der Waals surface area contributed by atoms with Crippen molar-refractivity contribution in [1.29, 1.82) is 0 Å². The van der Waals surface area contributed by atoms with Crippen LogP contribution in [-0.2, 0) is 11.2 Å². The van der Waals surface area contributed by atoms with E-state index in [2.05, 4.69) is 0 Å². The Morgan fingerprint density at radius 2 is 1.70 bits per heavy atom. The Morgan fingerprint density at radius 1 is 1.04 bits per heavy atom. The minimum absolute atomic E-state index is 0. The van der Waals surface area contributed by atoms with Gasteiger partial charge < -0.3 is 10.3 Å². The van der Waals surface area contributed by atoms with Crippen LogP contribution in [0.4, 0.5) is 11.4 Å². The first-order valence-electron chi connectivity index (χ1n) is 6.62. The molecule has 120 valence electrons. The van der Waals surface area contributed by atoms with Gasteiger partial charge in [0, 0.05) is 11.8 Å². The lowest BCUT2D eigenvalue weighted by Gasteiger charge is -2.17. The number of rotatable bonds is 2. The number of anilines is 2. The maximum Gasteiger partial charge on any atom is 0.266 e. The minimum atomic E-state index is -1.21. The van der Waals surface area contributed by atoms with Crippen molar-refractivity contribution < 1.29 is 14.1 Å². The highest BCUT2D eigenvalue weighted by Gasteiger charge is 2.38. The van der Waals surface area contributed by atoms with Gasteiger partial charge in [-0.2, -0.15) is 0 Å². The van der Waals surface area contributed by atoms with Gasteiger partial charge in [0.05, 0.1) is 16.8 Å². The fraction of sp³-hybridized carbons (Fsp3) is 0.125. The Bertz CT molecular complexity index is 808. The van der Waals surface area contributed by atoms with Gasteiger partial charge in [0.15, 0.2) is 4.90 Å². The fourth-order valence-corrected chi connectivity index (χ4v) is 3.03. The molecule has 1 aliphatic rings. The largest absolute Gasteiger partial charge is 0.612 e. The quantitative estimate of drug-likeness (QED) is 0.512. The van der Waals surface area contributed by atoms with Crippen LogP contribution in [0.15, 0.2) is 41.3 Å². The zero-order valence-corrected chi connectivity index (χ0v) is 14.2. The number of aryl methyl sites for hydroxylation is 1. The maximum atomic E-state index is 12.6. The molecule has 0 aliphatic carbocycles. The van der Waals surface area contributed by atoms with Crippen LogP contribution in [0.25, 0.3) is 0 Å². The molecule has 7 heteroatoms. The third-order valence-electron chi connectivity index (χ3n) is 3.66. The second-order valence-corrected chi connectivity index (χ2v) is 6.53. The molecule has 23 heavy (non-hydrogen) atoms. The highest BCUT2D eigenvalue weighted by molar-refractivity contribution is 7.90. The third kappa shape index (κ3) is 2.81. The lowest BCUT2D eigenvalue weighted by Crippen LogP contribution is -2.30. The smallest absolute Gasteiger partial charge is 0.266 e. The molecule has 2 aromatic rings. The second kappa shape index (κ2) is 6.23. The van der Waals surface area contributed by atoms with E-state index in [1.54, 1.807) is 30.3 Å². The van der Waals surface area contributed by atoms with Crippen LogP contribution in [0.1, 0.15) is 26.3 Å². The normalized spacial score (nSPS) is 14.5. The lowest BCUT2D eigenvalue weighted by molar-refractivity contribution is 0.0926. The number of carbonyl (C=O) groups excluding carboxylic acids is 2. The first-order chi connectivity index (χ1) is 10.4. The van der Waals surface area contributed by atoms with Gasteiger partial charge in [-0.1, -0.05) is 6.07 Å². The topological polar surface area (TPSA) is 86.5 Å². The molecule has 2 N–H and O–H groups in total. The number of benzene rings is 2. The van der Waals surface area contributed by atoms with Gasteiger partial charge in [-0.3, -0.25) is 9.59 Å². The van der Waals surface area contributed by atoms with Crippen LogP contribution in [-0.4, -0.2) is 22.6 Å². The van der Waals surface area contributed by atoms with Crippen molar-refractivity contribution in [2.24, 2.45) is 0 Å². The number of nitrogen functional groups attached to an aromatic ring is 1. The molecule has 1 atom stereocenters. The molecule has 0 saturated heterocycles. The number of imide groups is 1. The van der Waals surface area contributed by atoms with Gasteiger partial charge in [-0.05, 0) is 47.9 Å². The molecule has 5 nitrogen and oxygen atoms in total. The Hall–Kier alpha value is -2.02. The SMILES string of the molecule is Cc1ccc(N)cc1N1C(=O)c2ccc([S+](C)[O-])cc2C1=O.Cl. The molecule has 2 amide bonds. The highest BCUT2D eigenvalue weighted by atomic mass is 35.5. The zero-order chi connectivity index (χ0) is 16.0. The van der Waals surface area contributed by atoms with E-state index in [4.69, 9.17) is 5.73 Å². The minimum Gasteiger partial charge on any atom is -0.612 e. The molecule has 0 fully saturated rings. The van der Waals surface area contributed by atoms with E-state index in [1.807, 2.05) is 6.92 Å². The summed E-state index contributed by atoms with van der Waals surface area (Å²) in [4.78, 5) is 26.8. The summed E-state index contributed by atoms with van der Waals surface area (Å²) in [6, 6.07) is 9.77. The van der Waals surface area contributed by atoms with Gasteiger partial charge >= 0.3 is 0 Å². The summed E-state index contributed by atoms with van der Waals surface area (Å²) in [6.07, 6.45) is 1.53.